The third kappa shape index (κ3) is 2.76. The highest BCUT2D eigenvalue weighted by Crippen LogP contribution is 2.27. The third-order valence-electron chi connectivity index (χ3n) is 3.39. The van der Waals surface area contributed by atoms with E-state index in [9.17, 15) is 0 Å². The molecule has 0 spiro atoms. The minimum Gasteiger partial charge on any atom is -0.497 e. The Kier molecular flexibility index (Phi) is 3.98. The minimum absolute atomic E-state index is 0.841. The molecule has 5 heteroatoms. The molecular formula is C17H17BrN3O+. The zero-order valence-electron chi connectivity index (χ0n) is 12.7. The third-order valence-corrected chi connectivity index (χ3v) is 3.88. The number of fused-ring (bicyclic) bond motifs is 1. The molecule has 2 heterocycles. The molecule has 0 fully saturated rings. The van der Waals surface area contributed by atoms with Crippen LogP contribution in [0, 0.1) is 0 Å². The number of hydrogen-bond acceptors (Lipinski definition) is 2. The van der Waals surface area contributed by atoms with Crippen LogP contribution >= 0.6 is 15.9 Å². The van der Waals surface area contributed by atoms with E-state index in [1.807, 2.05) is 59.7 Å². The fourth-order valence-corrected chi connectivity index (χ4v) is 2.72. The number of methoxy groups -OCH3 is 1. The SMILES string of the molecule is COc1ccc(-c2nn3ccc(Br)cc3c2C=[N+](C)C)cc1. The van der Waals surface area contributed by atoms with Crippen LogP contribution in [-0.4, -0.2) is 41.6 Å². The molecule has 112 valence electrons. The maximum atomic E-state index is 5.23. The van der Waals surface area contributed by atoms with E-state index in [2.05, 4.69) is 28.2 Å². The Bertz CT molecular complexity index is 846. The van der Waals surface area contributed by atoms with Crippen molar-refractivity contribution in [2.45, 2.75) is 0 Å². The van der Waals surface area contributed by atoms with Crippen molar-refractivity contribution in [3.8, 4) is 17.0 Å². The zero-order valence-corrected chi connectivity index (χ0v) is 14.3. The van der Waals surface area contributed by atoms with Gasteiger partial charge in [-0.1, -0.05) is 15.9 Å². The van der Waals surface area contributed by atoms with Crippen LogP contribution in [0.15, 0.2) is 47.1 Å². The van der Waals surface area contributed by atoms with E-state index in [-0.39, 0.29) is 0 Å². The maximum absolute atomic E-state index is 5.23. The molecular weight excluding hydrogens is 342 g/mol. The Balaban J connectivity index is 2.25. The predicted molar refractivity (Wildman–Crippen MR) is 92.2 cm³/mol. The highest BCUT2D eigenvalue weighted by molar-refractivity contribution is 9.10. The molecule has 4 nitrogen and oxygen atoms in total. The van der Waals surface area contributed by atoms with Crippen LogP contribution in [0.5, 0.6) is 5.75 Å². The van der Waals surface area contributed by atoms with Crippen LogP contribution in [0.4, 0.5) is 0 Å². The van der Waals surface area contributed by atoms with E-state index in [0.717, 1.165) is 32.6 Å². The topological polar surface area (TPSA) is 29.5 Å². The van der Waals surface area contributed by atoms with Crippen LogP contribution in [0.25, 0.3) is 16.8 Å². The van der Waals surface area contributed by atoms with Crippen molar-refractivity contribution < 1.29 is 9.31 Å². The first-order valence-corrected chi connectivity index (χ1v) is 7.71. The average Bonchev–Trinajstić information content (AvgIpc) is 2.85. The molecule has 22 heavy (non-hydrogen) atoms. The quantitative estimate of drug-likeness (QED) is 0.530. The van der Waals surface area contributed by atoms with Crippen LogP contribution in [0.2, 0.25) is 0 Å². The molecule has 0 atom stereocenters. The summed E-state index contributed by atoms with van der Waals surface area (Å²) in [7, 11) is 5.70. The summed E-state index contributed by atoms with van der Waals surface area (Å²) >= 11 is 3.53. The standard InChI is InChI=1S/C17H17BrN3O/c1-20(2)11-15-16-10-13(18)8-9-21(16)19-17(15)12-4-6-14(22-3)7-5-12/h4-11H,1-3H3/q+1. The Morgan fingerprint density at radius 3 is 2.55 bits per heavy atom. The summed E-state index contributed by atoms with van der Waals surface area (Å²) in [6.45, 7) is 0. The van der Waals surface area contributed by atoms with Crippen molar-refractivity contribution in [1.82, 2.24) is 9.61 Å². The summed E-state index contributed by atoms with van der Waals surface area (Å²) in [6, 6.07) is 12.0. The zero-order chi connectivity index (χ0) is 15.7. The molecule has 3 aromatic rings. The van der Waals surface area contributed by atoms with Crippen molar-refractivity contribution in [2.75, 3.05) is 21.2 Å². The Labute approximate surface area is 137 Å². The fraction of sp³-hybridized carbons (Fsp3) is 0.176. The highest BCUT2D eigenvalue weighted by Gasteiger charge is 2.16. The highest BCUT2D eigenvalue weighted by atomic mass is 79.9. The van der Waals surface area contributed by atoms with Crippen LogP contribution in [-0.2, 0) is 0 Å². The molecule has 0 radical (unpaired) electrons. The summed E-state index contributed by atoms with van der Waals surface area (Å²) < 4.78 is 10.2. The molecule has 0 bridgehead atoms. The van der Waals surface area contributed by atoms with Gasteiger partial charge in [0, 0.05) is 16.2 Å². The monoisotopic (exact) mass is 358 g/mol. The molecule has 0 aliphatic carbocycles. The second-order valence-electron chi connectivity index (χ2n) is 5.26. The summed E-state index contributed by atoms with van der Waals surface area (Å²) in [6.07, 6.45) is 4.05. The van der Waals surface area contributed by atoms with Gasteiger partial charge in [0.2, 0.25) is 0 Å². The average molecular weight is 359 g/mol. The second-order valence-corrected chi connectivity index (χ2v) is 6.17. The lowest BCUT2D eigenvalue weighted by Gasteiger charge is -2.01. The van der Waals surface area contributed by atoms with Gasteiger partial charge < -0.3 is 4.74 Å². The van der Waals surface area contributed by atoms with Crippen molar-refractivity contribution >= 4 is 27.7 Å². The number of benzene rings is 1. The van der Waals surface area contributed by atoms with Gasteiger partial charge in [0.1, 0.15) is 25.5 Å². The molecule has 0 N–H and O–H groups in total. The number of rotatable bonds is 3. The van der Waals surface area contributed by atoms with E-state index < -0.39 is 0 Å². The van der Waals surface area contributed by atoms with Crippen LogP contribution in [0.3, 0.4) is 0 Å². The lowest BCUT2D eigenvalue weighted by atomic mass is 10.1. The van der Waals surface area contributed by atoms with E-state index in [4.69, 9.17) is 9.84 Å². The summed E-state index contributed by atoms with van der Waals surface area (Å²) in [4.78, 5) is 0. The first-order valence-electron chi connectivity index (χ1n) is 6.92. The largest absolute Gasteiger partial charge is 0.497 e. The first kappa shape index (κ1) is 14.8. The van der Waals surface area contributed by atoms with Crippen LogP contribution in [0.1, 0.15) is 5.56 Å². The second kappa shape index (κ2) is 5.93. The predicted octanol–water partition coefficient (Wildman–Crippen LogP) is 3.46. The number of hydrogen-bond donors (Lipinski definition) is 0. The van der Waals surface area contributed by atoms with Gasteiger partial charge in [0.25, 0.3) is 0 Å². The van der Waals surface area contributed by atoms with Gasteiger partial charge in [-0.25, -0.2) is 9.09 Å². The van der Waals surface area contributed by atoms with Gasteiger partial charge >= 0.3 is 0 Å². The van der Waals surface area contributed by atoms with Crippen molar-refractivity contribution in [1.29, 1.82) is 0 Å². The van der Waals surface area contributed by atoms with Gasteiger partial charge in [-0.2, -0.15) is 5.10 Å². The molecule has 0 saturated heterocycles. The number of pyridine rings is 1. The fourth-order valence-electron chi connectivity index (χ4n) is 2.39. The molecule has 2 aromatic heterocycles. The Hall–Kier alpha value is -2.14. The van der Waals surface area contributed by atoms with Crippen molar-refractivity contribution in [3.05, 3.63) is 52.6 Å². The molecule has 0 unspecified atom stereocenters. The lowest BCUT2D eigenvalue weighted by Crippen LogP contribution is -2.00. The van der Waals surface area contributed by atoms with E-state index in [1.54, 1.807) is 7.11 Å². The number of halogens is 1. The van der Waals surface area contributed by atoms with E-state index in [0.29, 0.717) is 0 Å². The van der Waals surface area contributed by atoms with Gasteiger partial charge in [0.05, 0.1) is 18.2 Å². The van der Waals surface area contributed by atoms with Crippen molar-refractivity contribution in [2.24, 2.45) is 0 Å². The van der Waals surface area contributed by atoms with Gasteiger partial charge in [-0.15, -0.1) is 0 Å². The maximum Gasteiger partial charge on any atom is 0.174 e. The van der Waals surface area contributed by atoms with Gasteiger partial charge in [0.15, 0.2) is 6.21 Å². The van der Waals surface area contributed by atoms with Gasteiger partial charge in [-0.05, 0) is 36.4 Å². The molecule has 0 amide bonds. The summed E-state index contributed by atoms with van der Waals surface area (Å²) in [5, 5.41) is 4.73. The molecule has 3 rings (SSSR count). The smallest absolute Gasteiger partial charge is 0.174 e. The number of nitrogens with zero attached hydrogens (tertiary/aromatic N) is 3. The van der Waals surface area contributed by atoms with Crippen molar-refractivity contribution in [3.63, 3.8) is 0 Å². The van der Waals surface area contributed by atoms with Crippen LogP contribution < -0.4 is 4.74 Å². The van der Waals surface area contributed by atoms with Gasteiger partial charge in [-0.3, -0.25) is 0 Å². The summed E-state index contributed by atoms with van der Waals surface area (Å²) in [5.41, 5.74) is 4.17. The molecule has 0 aliphatic heterocycles. The minimum atomic E-state index is 0.841. The Morgan fingerprint density at radius 2 is 1.91 bits per heavy atom. The Morgan fingerprint density at radius 1 is 1.18 bits per heavy atom. The van der Waals surface area contributed by atoms with E-state index >= 15 is 0 Å². The molecule has 0 aliphatic rings. The van der Waals surface area contributed by atoms with E-state index in [1.165, 1.54) is 0 Å². The summed E-state index contributed by atoms with van der Waals surface area (Å²) in [5.74, 6) is 0.841. The number of aromatic nitrogens is 2. The normalized spacial score (nSPS) is 10.7. The lowest BCUT2D eigenvalue weighted by molar-refractivity contribution is -0.458. The first-order chi connectivity index (χ1) is 10.6. The number of ether oxygens (including phenoxy) is 1. The molecule has 0 saturated carbocycles. The molecule has 1 aromatic carbocycles.